The second kappa shape index (κ2) is 6.91. The molecule has 4 N–H and O–H groups in total. The van der Waals surface area contributed by atoms with Crippen molar-refractivity contribution in [2.24, 2.45) is 11.7 Å². The van der Waals surface area contributed by atoms with Crippen LogP contribution in [0.1, 0.15) is 30.9 Å². The Morgan fingerprint density at radius 2 is 2.14 bits per heavy atom. The molecule has 0 aliphatic carbocycles. The molecule has 1 aliphatic rings. The third-order valence-electron chi connectivity index (χ3n) is 4.27. The normalized spacial score (nSPS) is 18.4. The topological polar surface area (TPSA) is 82.6 Å². The number of nitrogens with zero attached hydrogens (tertiary/aromatic N) is 1. The van der Waals surface area contributed by atoms with Crippen molar-refractivity contribution in [3.8, 4) is 5.75 Å². The van der Waals surface area contributed by atoms with E-state index in [1.165, 1.54) is 0 Å². The minimum Gasteiger partial charge on any atom is -0.496 e. The van der Waals surface area contributed by atoms with Crippen LogP contribution in [0.3, 0.4) is 0 Å². The summed E-state index contributed by atoms with van der Waals surface area (Å²) < 4.78 is 5.23. The summed E-state index contributed by atoms with van der Waals surface area (Å²) in [5.41, 5.74) is 7.39. The van der Waals surface area contributed by atoms with Gasteiger partial charge >= 0.3 is 0 Å². The van der Waals surface area contributed by atoms with Crippen LogP contribution in [0.4, 0.5) is 0 Å². The van der Waals surface area contributed by atoms with Gasteiger partial charge in [0, 0.05) is 6.54 Å². The second-order valence-corrected chi connectivity index (χ2v) is 5.80. The number of piperidine rings is 1. The predicted molar refractivity (Wildman–Crippen MR) is 83.7 cm³/mol. The quantitative estimate of drug-likeness (QED) is 0.568. The molecule has 0 aromatic heterocycles. The van der Waals surface area contributed by atoms with E-state index in [-0.39, 0.29) is 11.9 Å². The van der Waals surface area contributed by atoms with E-state index < -0.39 is 0 Å². The zero-order valence-electron chi connectivity index (χ0n) is 12.8. The minimum atomic E-state index is -0.211. The second-order valence-electron chi connectivity index (χ2n) is 5.80. The van der Waals surface area contributed by atoms with E-state index in [1.54, 1.807) is 7.11 Å². The minimum absolute atomic E-state index is 0.0292. The molecule has 1 aliphatic heterocycles. The van der Waals surface area contributed by atoms with Crippen LogP contribution in [-0.4, -0.2) is 42.1 Å². The molecule has 1 aromatic rings. The molecule has 1 atom stereocenters. The molecule has 1 heterocycles. The monoisotopic (exact) mass is 291 g/mol. The van der Waals surface area contributed by atoms with Gasteiger partial charge in [0.25, 0.3) is 0 Å². The molecular weight excluding hydrogens is 266 g/mol. The molecule has 21 heavy (non-hydrogen) atoms. The third-order valence-corrected chi connectivity index (χ3v) is 4.27. The summed E-state index contributed by atoms with van der Waals surface area (Å²) in [6.07, 6.45) is 1.86. The standard InChI is InChI=1S/C16H25N3O2/c1-11(20)13-5-7-19(8-6-13)10-12-3-4-15(21-2)14(9-12)16(17)18/h3-4,9,11,13,20H,5-8,10H2,1-2H3,(H3,17,18). The van der Waals surface area contributed by atoms with Crippen molar-refractivity contribution < 1.29 is 9.84 Å². The highest BCUT2D eigenvalue weighted by molar-refractivity contribution is 5.97. The van der Waals surface area contributed by atoms with Crippen molar-refractivity contribution in [3.63, 3.8) is 0 Å². The van der Waals surface area contributed by atoms with Crippen LogP contribution in [0.15, 0.2) is 18.2 Å². The molecule has 1 saturated heterocycles. The predicted octanol–water partition coefficient (Wildman–Crippen LogP) is 1.57. The zero-order valence-corrected chi connectivity index (χ0v) is 12.8. The van der Waals surface area contributed by atoms with Gasteiger partial charge < -0.3 is 15.6 Å². The van der Waals surface area contributed by atoms with Gasteiger partial charge in [0.1, 0.15) is 11.6 Å². The number of rotatable bonds is 5. The SMILES string of the molecule is COc1ccc(CN2CCC(C(C)O)CC2)cc1C(=N)N. The van der Waals surface area contributed by atoms with E-state index in [4.69, 9.17) is 15.9 Å². The molecule has 1 fully saturated rings. The lowest BCUT2D eigenvalue weighted by Crippen LogP contribution is -2.36. The van der Waals surface area contributed by atoms with Gasteiger partial charge in [0.2, 0.25) is 0 Å². The average molecular weight is 291 g/mol. The number of ether oxygens (including phenoxy) is 1. The number of hydrogen-bond acceptors (Lipinski definition) is 4. The molecule has 0 spiro atoms. The van der Waals surface area contributed by atoms with Gasteiger partial charge in [-0.1, -0.05) is 6.07 Å². The third kappa shape index (κ3) is 3.95. The van der Waals surface area contributed by atoms with Crippen LogP contribution >= 0.6 is 0 Å². The highest BCUT2D eigenvalue weighted by Crippen LogP contribution is 2.24. The fourth-order valence-electron chi connectivity index (χ4n) is 2.92. The van der Waals surface area contributed by atoms with Gasteiger partial charge in [-0.3, -0.25) is 10.3 Å². The van der Waals surface area contributed by atoms with Gasteiger partial charge in [-0.05, 0) is 56.5 Å². The van der Waals surface area contributed by atoms with Crippen LogP contribution < -0.4 is 10.5 Å². The molecule has 5 nitrogen and oxygen atoms in total. The van der Waals surface area contributed by atoms with Crippen LogP contribution in [-0.2, 0) is 6.54 Å². The zero-order chi connectivity index (χ0) is 15.4. The maximum atomic E-state index is 9.64. The van der Waals surface area contributed by atoms with E-state index >= 15 is 0 Å². The summed E-state index contributed by atoms with van der Waals surface area (Å²) in [4.78, 5) is 2.38. The molecule has 0 bridgehead atoms. The Morgan fingerprint density at radius 3 is 2.67 bits per heavy atom. The summed E-state index contributed by atoms with van der Waals surface area (Å²) in [6, 6.07) is 5.82. The first kappa shape index (κ1) is 15.8. The van der Waals surface area contributed by atoms with E-state index in [0.29, 0.717) is 17.2 Å². The highest BCUT2D eigenvalue weighted by atomic mass is 16.5. The van der Waals surface area contributed by atoms with Crippen molar-refractivity contribution in [2.45, 2.75) is 32.4 Å². The van der Waals surface area contributed by atoms with Crippen molar-refractivity contribution in [1.82, 2.24) is 4.90 Å². The lowest BCUT2D eigenvalue weighted by molar-refractivity contribution is 0.0695. The Morgan fingerprint density at radius 1 is 1.48 bits per heavy atom. The Hall–Kier alpha value is -1.59. The molecule has 1 unspecified atom stereocenters. The smallest absolute Gasteiger partial charge is 0.129 e. The Balaban J connectivity index is 2.01. The van der Waals surface area contributed by atoms with Crippen LogP contribution in [0.25, 0.3) is 0 Å². The Labute approximate surface area is 126 Å². The van der Waals surface area contributed by atoms with Crippen molar-refractivity contribution >= 4 is 5.84 Å². The number of methoxy groups -OCH3 is 1. The first-order valence-electron chi connectivity index (χ1n) is 7.43. The highest BCUT2D eigenvalue weighted by Gasteiger charge is 2.22. The Kier molecular flexibility index (Phi) is 5.20. The molecule has 0 saturated carbocycles. The van der Waals surface area contributed by atoms with Gasteiger partial charge in [0.15, 0.2) is 0 Å². The lowest BCUT2D eigenvalue weighted by atomic mass is 9.92. The molecule has 116 valence electrons. The summed E-state index contributed by atoms with van der Waals surface area (Å²) in [5, 5.41) is 17.3. The molecule has 2 rings (SSSR count). The molecule has 0 amide bonds. The van der Waals surface area contributed by atoms with Gasteiger partial charge in [0.05, 0.1) is 18.8 Å². The number of aliphatic hydroxyl groups is 1. The number of nitrogen functional groups attached to an aromatic ring is 1. The summed E-state index contributed by atoms with van der Waals surface area (Å²) in [7, 11) is 1.59. The summed E-state index contributed by atoms with van der Waals surface area (Å²) in [5.74, 6) is 1.09. The number of benzene rings is 1. The first-order chi connectivity index (χ1) is 10.0. The van der Waals surface area contributed by atoms with Gasteiger partial charge in [-0.15, -0.1) is 0 Å². The van der Waals surface area contributed by atoms with Crippen molar-refractivity contribution in [1.29, 1.82) is 5.41 Å². The average Bonchev–Trinajstić information content (AvgIpc) is 2.47. The van der Waals surface area contributed by atoms with E-state index in [2.05, 4.69) is 4.90 Å². The van der Waals surface area contributed by atoms with E-state index in [9.17, 15) is 5.11 Å². The van der Waals surface area contributed by atoms with Crippen molar-refractivity contribution in [3.05, 3.63) is 29.3 Å². The molecule has 5 heteroatoms. The van der Waals surface area contributed by atoms with Crippen LogP contribution in [0.5, 0.6) is 5.75 Å². The first-order valence-corrected chi connectivity index (χ1v) is 7.43. The molecule has 1 aromatic carbocycles. The van der Waals surface area contributed by atoms with Crippen LogP contribution in [0, 0.1) is 11.3 Å². The van der Waals surface area contributed by atoms with Gasteiger partial charge in [-0.25, -0.2) is 0 Å². The number of aliphatic hydroxyl groups excluding tert-OH is 1. The molecular formula is C16H25N3O2. The summed E-state index contributed by atoms with van der Waals surface area (Å²) in [6.45, 7) is 4.72. The largest absolute Gasteiger partial charge is 0.496 e. The molecule has 0 radical (unpaired) electrons. The van der Waals surface area contributed by atoms with E-state index in [1.807, 2.05) is 25.1 Å². The maximum Gasteiger partial charge on any atom is 0.129 e. The van der Waals surface area contributed by atoms with Crippen molar-refractivity contribution in [2.75, 3.05) is 20.2 Å². The lowest BCUT2D eigenvalue weighted by Gasteiger charge is -2.33. The maximum absolute atomic E-state index is 9.64. The van der Waals surface area contributed by atoms with Crippen LogP contribution in [0.2, 0.25) is 0 Å². The van der Waals surface area contributed by atoms with Gasteiger partial charge in [-0.2, -0.15) is 0 Å². The number of nitrogens with one attached hydrogen (secondary N) is 1. The Bertz CT molecular complexity index is 494. The number of hydrogen-bond donors (Lipinski definition) is 3. The number of amidine groups is 1. The fourth-order valence-corrected chi connectivity index (χ4v) is 2.92. The fraction of sp³-hybridized carbons (Fsp3) is 0.562. The van der Waals surface area contributed by atoms with E-state index in [0.717, 1.165) is 38.0 Å². The number of nitrogens with two attached hydrogens (primary N) is 1. The summed E-state index contributed by atoms with van der Waals surface area (Å²) >= 11 is 0. The number of likely N-dealkylation sites (tertiary alicyclic amines) is 1.